The quantitative estimate of drug-likeness (QED) is 0.685. The predicted octanol–water partition coefficient (Wildman–Crippen LogP) is 0.482. The summed E-state index contributed by atoms with van der Waals surface area (Å²) in [7, 11) is 0. The molecule has 23 heavy (non-hydrogen) atoms. The first-order chi connectivity index (χ1) is 11.3. The van der Waals surface area contributed by atoms with Crippen LogP contribution in [0.3, 0.4) is 0 Å². The second kappa shape index (κ2) is 5.64. The molecule has 116 valence electrons. The third-order valence-corrected chi connectivity index (χ3v) is 3.91. The summed E-state index contributed by atoms with van der Waals surface area (Å²) in [4.78, 5) is 29.3. The first-order valence-electron chi connectivity index (χ1n) is 7.43. The average molecular weight is 309 g/mol. The van der Waals surface area contributed by atoms with Crippen LogP contribution in [0, 0.1) is 0 Å². The topological polar surface area (TPSA) is 79.5 Å². The summed E-state index contributed by atoms with van der Waals surface area (Å²) >= 11 is 0. The fraction of sp³-hybridized carbons (Fsp3) is 0.267. The number of rotatable bonds is 2. The van der Waals surface area contributed by atoms with Crippen LogP contribution in [-0.2, 0) is 0 Å². The van der Waals surface area contributed by atoms with Gasteiger partial charge in [0.1, 0.15) is 5.69 Å². The summed E-state index contributed by atoms with van der Waals surface area (Å²) in [6.45, 7) is 2.68. The highest BCUT2D eigenvalue weighted by Crippen LogP contribution is 2.13. The molecule has 0 spiro atoms. The van der Waals surface area contributed by atoms with Crippen molar-refractivity contribution in [3.05, 3.63) is 48.7 Å². The summed E-state index contributed by atoms with van der Waals surface area (Å²) in [5, 5.41) is 4.17. The van der Waals surface area contributed by atoms with E-state index in [4.69, 9.17) is 0 Å². The fourth-order valence-electron chi connectivity index (χ4n) is 2.72. The Morgan fingerprint density at radius 2 is 1.70 bits per heavy atom. The molecule has 4 rings (SSSR count). The van der Waals surface area contributed by atoms with Crippen LogP contribution in [0.5, 0.6) is 0 Å². The van der Waals surface area contributed by atoms with Gasteiger partial charge in [0.25, 0.3) is 5.91 Å². The van der Waals surface area contributed by atoms with E-state index < -0.39 is 0 Å². The van der Waals surface area contributed by atoms with Crippen LogP contribution in [0.1, 0.15) is 10.5 Å². The molecule has 0 aliphatic carbocycles. The summed E-state index contributed by atoms with van der Waals surface area (Å²) in [6.07, 6.45) is 6.73. The molecule has 4 heterocycles. The lowest BCUT2D eigenvalue weighted by Gasteiger charge is -2.34. The Morgan fingerprint density at radius 3 is 2.48 bits per heavy atom. The first kappa shape index (κ1) is 13.6. The zero-order chi connectivity index (χ0) is 15.6. The minimum atomic E-state index is -0.0327. The number of hydrogen-bond donors (Lipinski definition) is 0. The van der Waals surface area contributed by atoms with Crippen molar-refractivity contribution in [2.24, 2.45) is 0 Å². The Kier molecular flexibility index (Phi) is 3.34. The maximum atomic E-state index is 12.7. The first-order valence-corrected chi connectivity index (χ1v) is 7.43. The molecule has 8 nitrogen and oxygen atoms in total. The number of nitrogens with zero attached hydrogens (tertiary/aromatic N) is 7. The highest BCUT2D eigenvalue weighted by molar-refractivity contribution is 5.93. The van der Waals surface area contributed by atoms with Crippen molar-refractivity contribution in [2.75, 3.05) is 31.1 Å². The maximum Gasteiger partial charge on any atom is 0.272 e. The number of amides is 1. The van der Waals surface area contributed by atoms with Crippen molar-refractivity contribution in [1.29, 1.82) is 0 Å². The van der Waals surface area contributed by atoms with E-state index in [2.05, 4.69) is 25.0 Å². The minimum absolute atomic E-state index is 0.0327. The van der Waals surface area contributed by atoms with Gasteiger partial charge in [-0.2, -0.15) is 5.10 Å². The van der Waals surface area contributed by atoms with Crippen molar-refractivity contribution in [3.63, 3.8) is 0 Å². The largest absolute Gasteiger partial charge is 0.337 e. The van der Waals surface area contributed by atoms with Crippen LogP contribution in [0.25, 0.3) is 5.65 Å². The Hall–Kier alpha value is -3.03. The lowest BCUT2D eigenvalue weighted by molar-refractivity contribution is 0.0737. The van der Waals surface area contributed by atoms with E-state index >= 15 is 0 Å². The van der Waals surface area contributed by atoms with Crippen LogP contribution >= 0.6 is 0 Å². The second-order valence-corrected chi connectivity index (χ2v) is 5.26. The Morgan fingerprint density at radius 1 is 0.913 bits per heavy atom. The number of carbonyl (C=O) groups is 1. The standard InChI is InChI=1S/C15H15N7O/c23-14(12-2-6-16-13-3-7-19-22(12)13)20-8-10-21(11-9-20)15-17-4-1-5-18-15/h1-7H,8-11H2. The molecule has 0 N–H and O–H groups in total. The molecule has 0 aromatic carbocycles. The van der Waals surface area contributed by atoms with Gasteiger partial charge in [0.2, 0.25) is 5.95 Å². The summed E-state index contributed by atoms with van der Waals surface area (Å²) in [6, 6.07) is 5.28. The Balaban J connectivity index is 1.50. The van der Waals surface area contributed by atoms with E-state index in [1.165, 1.54) is 0 Å². The highest BCUT2D eigenvalue weighted by Gasteiger charge is 2.25. The van der Waals surface area contributed by atoms with Gasteiger partial charge < -0.3 is 9.80 Å². The molecule has 3 aromatic rings. The van der Waals surface area contributed by atoms with Crippen LogP contribution in [0.2, 0.25) is 0 Å². The van der Waals surface area contributed by atoms with Crippen LogP contribution < -0.4 is 4.90 Å². The molecule has 0 unspecified atom stereocenters. The molecule has 0 bridgehead atoms. The Bertz CT molecular complexity index is 824. The van der Waals surface area contributed by atoms with Crippen molar-refractivity contribution < 1.29 is 4.79 Å². The highest BCUT2D eigenvalue weighted by atomic mass is 16.2. The SMILES string of the molecule is O=C(c1ccnc2ccnn12)N1CCN(c2ncccn2)CC1. The molecule has 1 saturated heterocycles. The number of piperazine rings is 1. The minimum Gasteiger partial charge on any atom is -0.337 e. The van der Waals surface area contributed by atoms with Crippen LogP contribution in [0.4, 0.5) is 5.95 Å². The zero-order valence-corrected chi connectivity index (χ0v) is 12.4. The van der Waals surface area contributed by atoms with Crippen molar-refractivity contribution in [3.8, 4) is 0 Å². The zero-order valence-electron chi connectivity index (χ0n) is 12.4. The molecule has 1 aliphatic heterocycles. The monoisotopic (exact) mass is 309 g/mol. The van der Waals surface area contributed by atoms with Gasteiger partial charge in [-0.05, 0) is 12.1 Å². The second-order valence-electron chi connectivity index (χ2n) is 5.26. The van der Waals surface area contributed by atoms with Crippen molar-refractivity contribution >= 4 is 17.5 Å². The molecule has 1 fully saturated rings. The number of fused-ring (bicyclic) bond motifs is 1. The summed E-state index contributed by atoms with van der Waals surface area (Å²) in [5.41, 5.74) is 1.21. The number of aromatic nitrogens is 5. The van der Waals surface area contributed by atoms with E-state index in [1.807, 2.05) is 4.90 Å². The number of carbonyl (C=O) groups excluding carboxylic acids is 1. The van der Waals surface area contributed by atoms with E-state index in [0.29, 0.717) is 43.5 Å². The lowest BCUT2D eigenvalue weighted by atomic mass is 10.2. The maximum absolute atomic E-state index is 12.7. The summed E-state index contributed by atoms with van der Waals surface area (Å²) < 4.78 is 1.58. The molecule has 0 atom stereocenters. The predicted molar refractivity (Wildman–Crippen MR) is 83.1 cm³/mol. The van der Waals surface area contributed by atoms with E-state index in [9.17, 15) is 4.79 Å². The van der Waals surface area contributed by atoms with Gasteiger partial charge in [0, 0.05) is 50.8 Å². The molecule has 0 saturated carbocycles. The smallest absolute Gasteiger partial charge is 0.272 e. The van der Waals surface area contributed by atoms with Gasteiger partial charge in [-0.15, -0.1) is 0 Å². The van der Waals surface area contributed by atoms with Crippen molar-refractivity contribution in [2.45, 2.75) is 0 Å². The van der Waals surface area contributed by atoms with Crippen LogP contribution in [0.15, 0.2) is 43.0 Å². The molecule has 1 aliphatic rings. The van der Waals surface area contributed by atoms with Gasteiger partial charge in [0.15, 0.2) is 5.65 Å². The van der Waals surface area contributed by atoms with Gasteiger partial charge in [0.05, 0.1) is 6.20 Å². The molecule has 3 aromatic heterocycles. The molecular weight excluding hydrogens is 294 g/mol. The molecular formula is C15H15N7O. The number of anilines is 1. The van der Waals surface area contributed by atoms with E-state index in [-0.39, 0.29) is 5.91 Å². The van der Waals surface area contributed by atoms with E-state index in [0.717, 1.165) is 0 Å². The normalized spacial score (nSPS) is 15.1. The van der Waals surface area contributed by atoms with Crippen LogP contribution in [-0.4, -0.2) is 61.6 Å². The molecule has 8 heteroatoms. The summed E-state index contributed by atoms with van der Waals surface area (Å²) in [5.74, 6) is 0.674. The van der Waals surface area contributed by atoms with Gasteiger partial charge in [-0.3, -0.25) is 4.79 Å². The third kappa shape index (κ3) is 2.48. The van der Waals surface area contributed by atoms with Gasteiger partial charge in [-0.1, -0.05) is 0 Å². The van der Waals surface area contributed by atoms with Gasteiger partial charge >= 0.3 is 0 Å². The molecule has 0 radical (unpaired) electrons. The lowest BCUT2D eigenvalue weighted by Crippen LogP contribution is -2.49. The Labute approximate surface area is 132 Å². The van der Waals surface area contributed by atoms with E-state index in [1.54, 1.807) is 47.5 Å². The van der Waals surface area contributed by atoms with Crippen molar-refractivity contribution in [1.82, 2.24) is 29.5 Å². The molecule has 1 amide bonds. The fourth-order valence-corrected chi connectivity index (χ4v) is 2.72. The third-order valence-electron chi connectivity index (χ3n) is 3.91. The average Bonchev–Trinajstić information content (AvgIpc) is 3.11. The van der Waals surface area contributed by atoms with Gasteiger partial charge in [-0.25, -0.2) is 19.5 Å². The number of hydrogen-bond acceptors (Lipinski definition) is 6.